The number of benzene rings is 1. The van der Waals surface area contributed by atoms with E-state index in [2.05, 4.69) is 0 Å². The first kappa shape index (κ1) is 11.4. The molecule has 2 rings (SSSR count). The highest BCUT2D eigenvalue weighted by Crippen LogP contribution is 2.17. The normalized spacial score (nSPS) is 10.2. The molecule has 1 N–H and O–H groups in total. The zero-order valence-electron chi connectivity index (χ0n) is 8.63. The Labute approximate surface area is 102 Å². The molecule has 1 aromatic carbocycles. The number of hydrogen-bond donors (Lipinski definition) is 1. The third kappa shape index (κ3) is 2.21. The van der Waals surface area contributed by atoms with E-state index in [1.807, 2.05) is 0 Å². The Bertz CT molecular complexity index is 634. The highest BCUT2D eigenvalue weighted by molar-refractivity contribution is 6.32. The molecule has 0 aliphatic heterocycles. The van der Waals surface area contributed by atoms with E-state index in [-0.39, 0.29) is 5.56 Å². The largest absolute Gasteiger partial charge is 0.478 e. The molecule has 17 heavy (non-hydrogen) atoms. The zero-order chi connectivity index (χ0) is 12.4. The smallest absolute Gasteiger partial charge is 0.335 e. The van der Waals surface area contributed by atoms with Crippen LogP contribution in [0, 0.1) is 0 Å². The molecule has 0 spiro atoms. The van der Waals surface area contributed by atoms with Gasteiger partial charge < -0.3 is 5.11 Å². The molecule has 0 fully saturated rings. The van der Waals surface area contributed by atoms with Crippen molar-refractivity contribution in [3.05, 3.63) is 63.5 Å². The Morgan fingerprint density at radius 2 is 1.94 bits per heavy atom. The highest BCUT2D eigenvalue weighted by atomic mass is 35.5. The second kappa shape index (κ2) is 4.43. The van der Waals surface area contributed by atoms with Crippen molar-refractivity contribution in [1.29, 1.82) is 0 Å². The Morgan fingerprint density at radius 1 is 1.24 bits per heavy atom. The van der Waals surface area contributed by atoms with Gasteiger partial charge in [0.25, 0.3) is 5.56 Å². The van der Waals surface area contributed by atoms with Crippen LogP contribution in [0.3, 0.4) is 0 Å². The van der Waals surface area contributed by atoms with Gasteiger partial charge in [-0.15, -0.1) is 0 Å². The van der Waals surface area contributed by atoms with Crippen molar-refractivity contribution in [3.63, 3.8) is 0 Å². The first-order chi connectivity index (χ1) is 8.09. The number of hydrogen-bond acceptors (Lipinski definition) is 2. The molecule has 0 radical (unpaired) electrons. The van der Waals surface area contributed by atoms with Gasteiger partial charge in [-0.3, -0.25) is 9.36 Å². The predicted molar refractivity (Wildman–Crippen MR) is 64.0 cm³/mol. The maximum atomic E-state index is 11.7. The van der Waals surface area contributed by atoms with Gasteiger partial charge in [0.1, 0.15) is 0 Å². The van der Waals surface area contributed by atoms with E-state index in [9.17, 15) is 9.59 Å². The summed E-state index contributed by atoms with van der Waals surface area (Å²) in [6.45, 7) is 0. The zero-order valence-corrected chi connectivity index (χ0v) is 9.39. The molecule has 0 saturated heterocycles. The van der Waals surface area contributed by atoms with Crippen LogP contribution in [0.15, 0.2) is 47.4 Å². The summed E-state index contributed by atoms with van der Waals surface area (Å²) in [7, 11) is 0. The van der Waals surface area contributed by atoms with Gasteiger partial charge in [-0.25, -0.2) is 4.79 Å². The number of aromatic nitrogens is 1. The van der Waals surface area contributed by atoms with E-state index in [1.54, 1.807) is 24.3 Å². The first-order valence-corrected chi connectivity index (χ1v) is 5.18. The Morgan fingerprint density at radius 3 is 2.53 bits per heavy atom. The summed E-state index contributed by atoms with van der Waals surface area (Å²) in [5.41, 5.74) is 0.0485. The number of para-hydroxylation sites is 1. The van der Waals surface area contributed by atoms with Gasteiger partial charge in [0.05, 0.1) is 16.3 Å². The van der Waals surface area contributed by atoms with Crippen molar-refractivity contribution >= 4 is 17.6 Å². The fourth-order valence-electron chi connectivity index (χ4n) is 1.46. The van der Waals surface area contributed by atoms with Crippen LogP contribution in [-0.4, -0.2) is 15.6 Å². The van der Waals surface area contributed by atoms with Crippen LogP contribution in [0.2, 0.25) is 5.02 Å². The van der Waals surface area contributed by atoms with Crippen molar-refractivity contribution in [1.82, 2.24) is 4.57 Å². The lowest BCUT2D eigenvalue weighted by Gasteiger charge is -2.07. The average molecular weight is 250 g/mol. The molecule has 0 aliphatic carbocycles. The summed E-state index contributed by atoms with van der Waals surface area (Å²) >= 11 is 5.96. The van der Waals surface area contributed by atoms with E-state index in [1.165, 1.54) is 16.8 Å². The minimum absolute atomic E-state index is 0.0432. The fourth-order valence-corrected chi connectivity index (χ4v) is 1.68. The molecule has 5 heteroatoms. The number of rotatable bonds is 2. The molecule has 0 saturated carbocycles. The minimum atomic E-state index is -1.13. The lowest BCUT2D eigenvalue weighted by Crippen LogP contribution is -2.18. The Hall–Kier alpha value is -2.07. The van der Waals surface area contributed by atoms with Crippen LogP contribution in [0.4, 0.5) is 0 Å². The van der Waals surface area contributed by atoms with Gasteiger partial charge in [0, 0.05) is 12.3 Å². The van der Waals surface area contributed by atoms with Gasteiger partial charge in [-0.2, -0.15) is 0 Å². The molecule has 0 unspecified atom stereocenters. The number of carbonyl (C=O) groups is 1. The molecule has 0 aliphatic rings. The predicted octanol–water partition coefficient (Wildman–Crippen LogP) is 2.19. The summed E-state index contributed by atoms with van der Waals surface area (Å²) < 4.78 is 1.30. The van der Waals surface area contributed by atoms with Crippen molar-refractivity contribution in [3.8, 4) is 5.69 Å². The second-order valence-electron chi connectivity index (χ2n) is 3.38. The fraction of sp³-hybridized carbons (Fsp3) is 0. The molecule has 4 nitrogen and oxygen atoms in total. The van der Waals surface area contributed by atoms with Gasteiger partial charge >= 0.3 is 5.97 Å². The Kier molecular flexibility index (Phi) is 2.97. The van der Waals surface area contributed by atoms with E-state index < -0.39 is 11.5 Å². The molecule has 1 heterocycles. The molecule has 0 atom stereocenters. The summed E-state index contributed by atoms with van der Waals surface area (Å²) in [5.74, 6) is -1.13. The average Bonchev–Trinajstić information content (AvgIpc) is 2.30. The minimum Gasteiger partial charge on any atom is -0.478 e. The lowest BCUT2D eigenvalue weighted by atomic mass is 10.2. The lowest BCUT2D eigenvalue weighted by molar-refractivity contribution is 0.0696. The monoisotopic (exact) mass is 249 g/mol. The summed E-state index contributed by atoms with van der Waals surface area (Å²) in [6.07, 6.45) is 1.40. The number of pyridine rings is 1. The first-order valence-electron chi connectivity index (χ1n) is 4.80. The maximum Gasteiger partial charge on any atom is 0.335 e. The van der Waals surface area contributed by atoms with E-state index in [4.69, 9.17) is 16.7 Å². The quantitative estimate of drug-likeness (QED) is 0.888. The van der Waals surface area contributed by atoms with Gasteiger partial charge in [0.15, 0.2) is 0 Å². The number of halogens is 1. The van der Waals surface area contributed by atoms with E-state index in [0.717, 1.165) is 6.07 Å². The van der Waals surface area contributed by atoms with Gasteiger partial charge in [-0.1, -0.05) is 23.7 Å². The van der Waals surface area contributed by atoms with E-state index in [0.29, 0.717) is 10.7 Å². The maximum absolute atomic E-state index is 11.7. The van der Waals surface area contributed by atoms with Crippen molar-refractivity contribution in [2.75, 3.05) is 0 Å². The van der Waals surface area contributed by atoms with Crippen LogP contribution in [0.1, 0.15) is 10.4 Å². The van der Waals surface area contributed by atoms with E-state index >= 15 is 0 Å². The Balaban J connectivity index is 2.59. The molecular formula is C12H8ClNO3. The molecule has 0 amide bonds. The van der Waals surface area contributed by atoms with Crippen LogP contribution in [0.25, 0.3) is 5.69 Å². The van der Waals surface area contributed by atoms with Crippen molar-refractivity contribution in [2.24, 2.45) is 0 Å². The summed E-state index contributed by atoms with van der Waals surface area (Å²) in [5, 5.41) is 9.18. The molecule has 0 bridgehead atoms. The van der Waals surface area contributed by atoms with Crippen LogP contribution in [-0.2, 0) is 0 Å². The molecule has 2 aromatic rings. The molecule has 1 aromatic heterocycles. The van der Waals surface area contributed by atoms with Crippen LogP contribution >= 0.6 is 11.6 Å². The third-order valence-corrected chi connectivity index (χ3v) is 2.60. The number of aromatic carboxylic acids is 1. The number of nitrogens with zero attached hydrogens (tertiary/aromatic N) is 1. The number of carboxylic acid groups (broad SMARTS) is 1. The van der Waals surface area contributed by atoms with Gasteiger partial charge in [-0.05, 0) is 18.2 Å². The van der Waals surface area contributed by atoms with Gasteiger partial charge in [0.2, 0.25) is 0 Å². The third-order valence-electron chi connectivity index (χ3n) is 2.28. The second-order valence-corrected chi connectivity index (χ2v) is 3.79. The van der Waals surface area contributed by atoms with Crippen molar-refractivity contribution in [2.45, 2.75) is 0 Å². The highest BCUT2D eigenvalue weighted by Gasteiger charge is 2.07. The van der Waals surface area contributed by atoms with Crippen molar-refractivity contribution < 1.29 is 9.90 Å². The SMILES string of the molecule is O=C(O)c1ccn(-c2ccccc2Cl)c(=O)c1. The standard InChI is InChI=1S/C12H8ClNO3/c13-9-3-1-2-4-10(9)14-6-5-8(12(16)17)7-11(14)15/h1-7H,(H,16,17). The topological polar surface area (TPSA) is 59.3 Å². The number of carboxylic acids is 1. The van der Waals surface area contributed by atoms with Crippen LogP contribution in [0.5, 0.6) is 0 Å². The van der Waals surface area contributed by atoms with Crippen LogP contribution < -0.4 is 5.56 Å². The molecular weight excluding hydrogens is 242 g/mol. The molecule has 86 valence electrons. The summed E-state index contributed by atoms with van der Waals surface area (Å²) in [4.78, 5) is 22.4. The summed E-state index contributed by atoms with van der Waals surface area (Å²) in [6, 6.07) is 9.26.